The average Bonchev–Trinajstić information content (AvgIpc) is 2.39. The van der Waals surface area contributed by atoms with Crippen LogP contribution < -0.4 is 4.74 Å². The van der Waals surface area contributed by atoms with Crippen molar-refractivity contribution in [1.82, 2.24) is 0 Å². The first kappa shape index (κ1) is 17.0. The molecule has 21 heavy (non-hydrogen) atoms. The van der Waals surface area contributed by atoms with Gasteiger partial charge in [0.05, 0.1) is 13.7 Å². The smallest absolute Gasteiger partial charge is 0.465 e. The lowest BCUT2D eigenvalue weighted by atomic mass is 10.1. The molecule has 0 spiro atoms. The van der Waals surface area contributed by atoms with Gasteiger partial charge in [-0.3, -0.25) is 0 Å². The fourth-order valence-corrected chi connectivity index (χ4v) is 1.35. The highest BCUT2D eigenvalue weighted by Gasteiger charge is 2.64. The van der Waals surface area contributed by atoms with E-state index in [9.17, 15) is 31.9 Å². The van der Waals surface area contributed by atoms with Crippen molar-refractivity contribution in [2.24, 2.45) is 0 Å². The van der Waals surface area contributed by atoms with Crippen LogP contribution in [0.2, 0.25) is 0 Å². The number of hydrogen-bond acceptors (Lipinski definition) is 4. The van der Waals surface area contributed by atoms with Crippen molar-refractivity contribution in [3.8, 4) is 11.5 Å². The molecule has 0 aliphatic rings. The third-order valence-electron chi connectivity index (χ3n) is 2.48. The van der Waals surface area contributed by atoms with Gasteiger partial charge in [0, 0.05) is 6.42 Å². The molecule has 0 fully saturated rings. The van der Waals surface area contributed by atoms with E-state index in [1.165, 1.54) is 25.3 Å². The van der Waals surface area contributed by atoms with Crippen LogP contribution in [0.1, 0.15) is 5.56 Å². The summed E-state index contributed by atoms with van der Waals surface area (Å²) in [4.78, 5) is 10.7. The lowest BCUT2D eigenvalue weighted by molar-refractivity contribution is -0.280. The Morgan fingerprint density at radius 2 is 1.86 bits per heavy atom. The highest BCUT2D eigenvalue weighted by Crippen LogP contribution is 2.36. The van der Waals surface area contributed by atoms with Crippen molar-refractivity contribution in [1.29, 1.82) is 0 Å². The molecule has 0 bridgehead atoms. The second kappa shape index (κ2) is 6.15. The molecule has 1 N–H and O–H groups in total. The molecule has 1 aromatic rings. The number of esters is 1. The van der Waals surface area contributed by atoms with Gasteiger partial charge in [0.1, 0.15) is 0 Å². The largest absolute Gasteiger partial charge is 0.504 e. The molecule has 0 radical (unpaired) electrons. The molecule has 4 nitrogen and oxygen atoms in total. The number of rotatable bonds is 5. The first-order valence-corrected chi connectivity index (χ1v) is 5.57. The second-order valence-corrected chi connectivity index (χ2v) is 3.96. The Balaban J connectivity index is 2.60. The van der Waals surface area contributed by atoms with Gasteiger partial charge in [-0.25, -0.2) is 4.79 Å². The minimum Gasteiger partial charge on any atom is -0.504 e. The second-order valence-electron chi connectivity index (χ2n) is 3.96. The lowest BCUT2D eigenvalue weighted by Gasteiger charge is -2.17. The van der Waals surface area contributed by atoms with E-state index in [0.29, 0.717) is 5.56 Å². The maximum atomic E-state index is 12.6. The van der Waals surface area contributed by atoms with Gasteiger partial charge in [0.2, 0.25) is 0 Å². The van der Waals surface area contributed by atoms with Crippen molar-refractivity contribution in [3.63, 3.8) is 0 Å². The van der Waals surface area contributed by atoms with Crippen molar-refractivity contribution in [3.05, 3.63) is 23.8 Å². The van der Waals surface area contributed by atoms with Gasteiger partial charge in [-0.05, 0) is 17.7 Å². The Labute approximate surface area is 116 Å². The Morgan fingerprint density at radius 3 is 2.38 bits per heavy atom. The quantitative estimate of drug-likeness (QED) is 0.670. The van der Waals surface area contributed by atoms with E-state index in [2.05, 4.69) is 4.74 Å². The topological polar surface area (TPSA) is 55.8 Å². The van der Waals surface area contributed by atoms with E-state index in [1.54, 1.807) is 0 Å². The number of phenolic OH excluding ortho intramolecular Hbond substituents is 1. The third kappa shape index (κ3) is 3.96. The van der Waals surface area contributed by atoms with Crippen molar-refractivity contribution >= 4 is 5.97 Å². The number of benzene rings is 1. The predicted octanol–water partition coefficient (Wildman–Crippen LogP) is 2.68. The van der Waals surface area contributed by atoms with Crippen LogP contribution in [0.5, 0.6) is 11.5 Å². The summed E-state index contributed by atoms with van der Waals surface area (Å²) < 4.78 is 69.5. The summed E-state index contributed by atoms with van der Waals surface area (Å²) in [6.45, 7) is -0.668. The maximum absolute atomic E-state index is 12.6. The molecule has 0 amide bonds. The molecule has 1 rings (SSSR count). The molecule has 9 heteroatoms. The minimum atomic E-state index is -5.99. The summed E-state index contributed by atoms with van der Waals surface area (Å²) in [5.74, 6) is -8.26. The van der Waals surface area contributed by atoms with E-state index in [-0.39, 0.29) is 17.9 Å². The van der Waals surface area contributed by atoms with Crippen LogP contribution in [-0.4, -0.2) is 36.9 Å². The van der Waals surface area contributed by atoms with E-state index in [0.717, 1.165) is 0 Å². The number of alkyl halides is 5. The van der Waals surface area contributed by atoms with E-state index in [4.69, 9.17) is 4.74 Å². The molecular weight excluding hydrogens is 303 g/mol. The summed E-state index contributed by atoms with van der Waals surface area (Å²) in [6, 6.07) is 3.97. The number of aromatic hydroxyl groups is 1. The van der Waals surface area contributed by atoms with E-state index >= 15 is 0 Å². The zero-order valence-electron chi connectivity index (χ0n) is 10.7. The van der Waals surface area contributed by atoms with E-state index < -0.39 is 24.7 Å². The fourth-order valence-electron chi connectivity index (χ4n) is 1.35. The van der Waals surface area contributed by atoms with Gasteiger partial charge >= 0.3 is 18.1 Å². The van der Waals surface area contributed by atoms with Gasteiger partial charge in [-0.1, -0.05) is 6.07 Å². The van der Waals surface area contributed by atoms with Gasteiger partial charge in [0.15, 0.2) is 11.5 Å². The van der Waals surface area contributed by atoms with Crippen LogP contribution in [0, 0.1) is 0 Å². The van der Waals surface area contributed by atoms with Gasteiger partial charge < -0.3 is 14.6 Å². The summed E-state index contributed by atoms with van der Waals surface area (Å²) in [7, 11) is 1.28. The number of methoxy groups -OCH3 is 1. The van der Waals surface area contributed by atoms with Crippen LogP contribution >= 0.6 is 0 Å². The molecule has 0 aromatic heterocycles. The predicted molar refractivity (Wildman–Crippen MR) is 60.3 cm³/mol. The first-order chi connectivity index (χ1) is 9.59. The Morgan fingerprint density at radius 1 is 1.24 bits per heavy atom. The number of hydrogen-bond donors (Lipinski definition) is 1. The molecule has 0 aliphatic carbocycles. The SMILES string of the molecule is COc1cc(CCOC(=O)C(F)(F)C(F)(F)F)ccc1O. The normalized spacial score (nSPS) is 12.1. The molecule has 0 heterocycles. The van der Waals surface area contributed by atoms with Gasteiger partial charge in [0.25, 0.3) is 0 Å². The zero-order valence-corrected chi connectivity index (χ0v) is 10.7. The maximum Gasteiger partial charge on any atom is 0.465 e. The highest BCUT2D eigenvalue weighted by atomic mass is 19.4. The standard InChI is InChI=1S/C12H11F5O4/c1-20-9-6-7(2-3-8(9)18)4-5-21-10(19)11(13,14)12(15,16)17/h2-3,6,18H,4-5H2,1H3. The number of halogens is 5. The molecule has 1 aromatic carbocycles. The Kier molecular flexibility index (Phi) is 4.97. The van der Waals surface area contributed by atoms with Gasteiger partial charge in [-0.2, -0.15) is 22.0 Å². The van der Waals surface area contributed by atoms with Crippen LogP contribution in [0.4, 0.5) is 22.0 Å². The number of carbonyl (C=O) groups is 1. The van der Waals surface area contributed by atoms with Crippen LogP contribution in [0.15, 0.2) is 18.2 Å². The summed E-state index contributed by atoms with van der Waals surface area (Å²) >= 11 is 0. The molecular formula is C12H11F5O4. The number of ether oxygens (including phenoxy) is 2. The molecule has 118 valence electrons. The Bertz CT molecular complexity index is 513. The summed E-state index contributed by atoms with van der Waals surface area (Å²) in [5, 5.41) is 9.31. The minimum absolute atomic E-state index is 0.0967. The van der Waals surface area contributed by atoms with Crippen LogP contribution in [0.25, 0.3) is 0 Å². The van der Waals surface area contributed by atoms with Crippen molar-refractivity contribution in [2.75, 3.05) is 13.7 Å². The van der Waals surface area contributed by atoms with E-state index in [1.807, 2.05) is 0 Å². The highest BCUT2D eigenvalue weighted by molar-refractivity contribution is 5.78. The van der Waals surface area contributed by atoms with Crippen LogP contribution in [0.3, 0.4) is 0 Å². The first-order valence-electron chi connectivity index (χ1n) is 5.57. The molecule has 0 unspecified atom stereocenters. The number of phenols is 1. The fraction of sp³-hybridized carbons (Fsp3) is 0.417. The van der Waals surface area contributed by atoms with Crippen LogP contribution in [-0.2, 0) is 16.0 Å². The summed E-state index contributed by atoms with van der Waals surface area (Å²) in [5.41, 5.74) is 0.424. The third-order valence-corrected chi connectivity index (χ3v) is 2.48. The monoisotopic (exact) mass is 314 g/mol. The molecule has 0 saturated heterocycles. The zero-order chi connectivity index (χ0) is 16.3. The van der Waals surface area contributed by atoms with Gasteiger partial charge in [-0.15, -0.1) is 0 Å². The number of carbonyl (C=O) groups excluding carboxylic acids is 1. The molecule has 0 aliphatic heterocycles. The van der Waals surface area contributed by atoms with Crippen molar-refractivity contribution < 1.29 is 41.3 Å². The Hall–Kier alpha value is -2.06. The average molecular weight is 314 g/mol. The van der Waals surface area contributed by atoms with Crippen molar-refractivity contribution in [2.45, 2.75) is 18.5 Å². The lowest BCUT2D eigenvalue weighted by Crippen LogP contribution is -2.45. The molecule has 0 saturated carbocycles. The molecule has 0 atom stereocenters. The summed E-state index contributed by atoms with van der Waals surface area (Å²) in [6.07, 6.45) is -6.11.